The van der Waals surface area contributed by atoms with Crippen LogP contribution in [0, 0.1) is 19.8 Å². The molecule has 0 radical (unpaired) electrons. The summed E-state index contributed by atoms with van der Waals surface area (Å²) in [6, 6.07) is 4.73. The van der Waals surface area contributed by atoms with Crippen LogP contribution in [-0.2, 0) is 17.8 Å². The Hall–Kier alpha value is -1.76. The van der Waals surface area contributed by atoms with Crippen molar-refractivity contribution in [2.75, 3.05) is 26.7 Å². The lowest BCUT2D eigenvalue weighted by molar-refractivity contribution is -0.0246. The fourth-order valence-electron chi connectivity index (χ4n) is 4.61. The number of aryl methyl sites for hydroxylation is 2. The maximum Gasteiger partial charge on any atom is 0.138 e. The van der Waals surface area contributed by atoms with Gasteiger partial charge in [0.15, 0.2) is 0 Å². The Balaban J connectivity index is 1.50. The number of fused-ring (bicyclic) bond motifs is 1. The molecule has 2 saturated heterocycles. The zero-order valence-corrected chi connectivity index (χ0v) is 15.9. The normalized spacial score (nSPS) is 27.0. The molecule has 0 amide bonds. The molecule has 0 unspecified atom stereocenters. The van der Waals surface area contributed by atoms with Gasteiger partial charge in [-0.15, -0.1) is 0 Å². The van der Waals surface area contributed by atoms with E-state index >= 15 is 0 Å². The van der Waals surface area contributed by atoms with Gasteiger partial charge in [0.2, 0.25) is 0 Å². The summed E-state index contributed by atoms with van der Waals surface area (Å²) in [4.78, 5) is 9.29. The van der Waals surface area contributed by atoms with Crippen LogP contribution in [0.25, 0.3) is 0 Å². The third kappa shape index (κ3) is 3.41. The summed E-state index contributed by atoms with van der Waals surface area (Å²) in [6.45, 7) is 9.17. The van der Waals surface area contributed by atoms with Gasteiger partial charge in [-0.2, -0.15) is 0 Å². The molecule has 4 heterocycles. The maximum atomic E-state index is 5.84. The van der Waals surface area contributed by atoms with Crippen molar-refractivity contribution in [3.63, 3.8) is 0 Å². The van der Waals surface area contributed by atoms with E-state index in [0.29, 0.717) is 18.1 Å². The predicted molar refractivity (Wildman–Crippen MR) is 98.6 cm³/mol. The largest absolute Gasteiger partial charge is 0.381 e. The molecule has 0 saturated carbocycles. The van der Waals surface area contributed by atoms with Crippen LogP contribution in [0.15, 0.2) is 29.0 Å². The van der Waals surface area contributed by atoms with Gasteiger partial charge in [0.1, 0.15) is 5.76 Å². The number of hydrogen-bond donors (Lipinski definition) is 0. The van der Waals surface area contributed by atoms with Crippen molar-refractivity contribution in [3.8, 4) is 0 Å². The second-order valence-electron chi connectivity index (χ2n) is 7.62. The molecule has 0 aromatic carbocycles. The third-order valence-electron chi connectivity index (χ3n) is 6.06. The molecule has 140 valence electrons. The highest BCUT2D eigenvalue weighted by Gasteiger charge is 2.44. The fourth-order valence-corrected chi connectivity index (χ4v) is 4.61. The second kappa shape index (κ2) is 7.47. The SMILES string of the molecule is CO[C@@H]1CCN(Cc2c(C)noc2C)[C@H]2CN(Cc3ccncc3)C[C@@H]12. The van der Waals surface area contributed by atoms with Gasteiger partial charge in [-0.05, 0) is 38.0 Å². The quantitative estimate of drug-likeness (QED) is 0.820. The molecule has 2 aliphatic rings. The van der Waals surface area contributed by atoms with E-state index in [1.807, 2.05) is 33.4 Å². The molecular formula is C20H28N4O2. The molecule has 2 aromatic rings. The van der Waals surface area contributed by atoms with Crippen LogP contribution in [-0.4, -0.2) is 58.8 Å². The van der Waals surface area contributed by atoms with E-state index in [1.54, 1.807) is 0 Å². The molecule has 0 N–H and O–H groups in total. The summed E-state index contributed by atoms with van der Waals surface area (Å²) in [5.74, 6) is 1.50. The van der Waals surface area contributed by atoms with Crippen molar-refractivity contribution in [1.82, 2.24) is 19.9 Å². The Kier molecular flexibility index (Phi) is 5.07. The lowest BCUT2D eigenvalue weighted by atomic mass is 9.88. The molecule has 0 spiro atoms. The number of methoxy groups -OCH3 is 1. The number of rotatable bonds is 5. The Labute approximate surface area is 155 Å². The smallest absolute Gasteiger partial charge is 0.138 e. The number of piperidine rings is 1. The van der Waals surface area contributed by atoms with Gasteiger partial charge in [-0.3, -0.25) is 14.8 Å². The summed E-state index contributed by atoms with van der Waals surface area (Å²) >= 11 is 0. The van der Waals surface area contributed by atoms with Crippen LogP contribution < -0.4 is 0 Å². The lowest BCUT2D eigenvalue weighted by Crippen LogP contribution is -2.50. The van der Waals surface area contributed by atoms with Crippen molar-refractivity contribution >= 4 is 0 Å². The molecule has 2 fully saturated rings. The first-order valence-corrected chi connectivity index (χ1v) is 9.45. The molecule has 2 aliphatic heterocycles. The van der Waals surface area contributed by atoms with Crippen molar-refractivity contribution in [2.24, 2.45) is 5.92 Å². The molecule has 26 heavy (non-hydrogen) atoms. The van der Waals surface area contributed by atoms with Crippen molar-refractivity contribution < 1.29 is 9.26 Å². The second-order valence-corrected chi connectivity index (χ2v) is 7.62. The zero-order chi connectivity index (χ0) is 18.1. The van der Waals surface area contributed by atoms with Crippen LogP contribution in [0.4, 0.5) is 0 Å². The third-order valence-corrected chi connectivity index (χ3v) is 6.06. The first-order chi connectivity index (χ1) is 12.7. The monoisotopic (exact) mass is 356 g/mol. The van der Waals surface area contributed by atoms with Crippen molar-refractivity contribution in [3.05, 3.63) is 47.1 Å². The van der Waals surface area contributed by atoms with Gasteiger partial charge in [0.05, 0.1) is 11.8 Å². The van der Waals surface area contributed by atoms with Crippen molar-refractivity contribution in [1.29, 1.82) is 0 Å². The molecule has 2 aromatic heterocycles. The maximum absolute atomic E-state index is 5.84. The van der Waals surface area contributed by atoms with Gasteiger partial charge in [0, 0.05) is 69.8 Å². The van der Waals surface area contributed by atoms with E-state index in [0.717, 1.165) is 50.6 Å². The molecular weight excluding hydrogens is 328 g/mol. The van der Waals surface area contributed by atoms with Crippen LogP contribution in [0.5, 0.6) is 0 Å². The average molecular weight is 356 g/mol. The van der Waals surface area contributed by atoms with Gasteiger partial charge in [-0.25, -0.2) is 0 Å². The number of pyridine rings is 1. The highest BCUT2D eigenvalue weighted by atomic mass is 16.5. The van der Waals surface area contributed by atoms with Crippen LogP contribution in [0.2, 0.25) is 0 Å². The average Bonchev–Trinajstić information content (AvgIpc) is 3.21. The van der Waals surface area contributed by atoms with Crippen LogP contribution in [0.1, 0.15) is 29.0 Å². The molecule has 6 heteroatoms. The lowest BCUT2D eigenvalue weighted by Gasteiger charge is -2.41. The molecule has 6 nitrogen and oxygen atoms in total. The summed E-state index contributed by atoms with van der Waals surface area (Å²) in [7, 11) is 1.86. The summed E-state index contributed by atoms with van der Waals surface area (Å²) in [6.07, 6.45) is 5.19. The minimum Gasteiger partial charge on any atom is -0.381 e. The Morgan fingerprint density at radius 3 is 2.69 bits per heavy atom. The van der Waals surface area contributed by atoms with E-state index in [1.165, 1.54) is 11.1 Å². The fraction of sp³-hybridized carbons (Fsp3) is 0.600. The summed E-state index contributed by atoms with van der Waals surface area (Å²) in [5.41, 5.74) is 3.58. The van der Waals surface area contributed by atoms with E-state index in [9.17, 15) is 0 Å². The summed E-state index contributed by atoms with van der Waals surface area (Å²) in [5, 5.41) is 4.13. The first kappa shape index (κ1) is 17.6. The van der Waals surface area contributed by atoms with Crippen molar-refractivity contribution in [2.45, 2.75) is 45.5 Å². The van der Waals surface area contributed by atoms with Crippen LogP contribution >= 0.6 is 0 Å². The van der Waals surface area contributed by atoms with E-state index in [4.69, 9.17) is 9.26 Å². The minimum absolute atomic E-state index is 0.350. The Bertz CT molecular complexity index is 713. The van der Waals surface area contributed by atoms with Gasteiger partial charge < -0.3 is 9.26 Å². The number of hydrogen-bond acceptors (Lipinski definition) is 6. The van der Waals surface area contributed by atoms with E-state index in [-0.39, 0.29) is 0 Å². The molecule has 0 bridgehead atoms. The number of aromatic nitrogens is 2. The van der Waals surface area contributed by atoms with Gasteiger partial charge in [0.25, 0.3) is 0 Å². The highest BCUT2D eigenvalue weighted by Crippen LogP contribution is 2.34. The molecule has 0 aliphatic carbocycles. The standard InChI is InChI=1S/C20H28N4O2/c1-14-17(15(2)26-22-14)12-24-9-6-20(25-3)18-11-23(13-19(18)24)10-16-4-7-21-8-5-16/h4-5,7-8,18-20H,6,9-13H2,1-3H3/t18-,19+,20-/m1/s1. The highest BCUT2D eigenvalue weighted by molar-refractivity contribution is 5.21. The van der Waals surface area contributed by atoms with Gasteiger partial charge >= 0.3 is 0 Å². The topological polar surface area (TPSA) is 54.6 Å². The minimum atomic E-state index is 0.350. The molecule has 4 rings (SSSR count). The van der Waals surface area contributed by atoms with Gasteiger partial charge in [-0.1, -0.05) is 5.16 Å². The Morgan fingerprint density at radius 1 is 1.19 bits per heavy atom. The van der Waals surface area contributed by atoms with E-state index < -0.39 is 0 Å². The zero-order valence-electron chi connectivity index (χ0n) is 15.9. The number of ether oxygens (including phenoxy) is 1. The predicted octanol–water partition coefficient (Wildman–Crippen LogP) is 2.41. The number of likely N-dealkylation sites (tertiary alicyclic amines) is 2. The Morgan fingerprint density at radius 2 is 2.00 bits per heavy atom. The summed E-state index contributed by atoms with van der Waals surface area (Å²) < 4.78 is 11.2. The van der Waals surface area contributed by atoms with Crippen LogP contribution in [0.3, 0.4) is 0 Å². The molecule has 3 atom stereocenters. The number of nitrogens with zero attached hydrogens (tertiary/aromatic N) is 4. The van der Waals surface area contributed by atoms with E-state index in [2.05, 4.69) is 32.1 Å². The first-order valence-electron chi connectivity index (χ1n) is 9.45.